The number of primary amides is 2. The van der Waals surface area contributed by atoms with Crippen molar-refractivity contribution in [2.45, 2.75) is 0 Å². The van der Waals surface area contributed by atoms with Crippen molar-refractivity contribution in [2.75, 3.05) is 0 Å². The van der Waals surface area contributed by atoms with E-state index in [2.05, 4.69) is 13.2 Å². The van der Waals surface area contributed by atoms with Crippen molar-refractivity contribution in [1.29, 1.82) is 0 Å². The van der Waals surface area contributed by atoms with Crippen LogP contribution < -0.4 is 11.5 Å². The van der Waals surface area contributed by atoms with E-state index in [1.54, 1.807) is 0 Å². The average Bonchev–Trinajstić information content (AvgIpc) is 2.38. The first kappa shape index (κ1) is 16.9. The molecule has 0 saturated heterocycles. The Morgan fingerprint density at radius 3 is 1.55 bits per heavy atom. The van der Waals surface area contributed by atoms with E-state index in [-0.39, 0.29) is 0 Å². The number of nitrogens with zero attached hydrogens (tertiary/aromatic N) is 2. The van der Waals surface area contributed by atoms with Crippen molar-refractivity contribution in [3.8, 4) is 0 Å². The molecule has 0 aliphatic heterocycles. The molecule has 4 N–H and O–H groups in total. The van der Waals surface area contributed by atoms with Gasteiger partial charge in [-0.2, -0.15) is 0 Å². The van der Waals surface area contributed by atoms with Crippen molar-refractivity contribution < 1.29 is 14.4 Å². The van der Waals surface area contributed by atoms with E-state index in [9.17, 15) is 14.4 Å². The second kappa shape index (κ2) is 8.92. The summed E-state index contributed by atoms with van der Waals surface area (Å²) in [7, 11) is 0. The zero-order valence-electron chi connectivity index (χ0n) is 10.8. The predicted octanol–water partition coefficient (Wildman–Crippen LogP) is -0.0843. The van der Waals surface area contributed by atoms with Crippen LogP contribution in [0.4, 0.5) is 0 Å². The van der Waals surface area contributed by atoms with Crippen LogP contribution in [0, 0.1) is 0 Å². The highest BCUT2D eigenvalue weighted by Crippen LogP contribution is 1.97. The van der Waals surface area contributed by atoms with Gasteiger partial charge in [0, 0.05) is 49.2 Å². The van der Waals surface area contributed by atoms with Crippen LogP contribution in [0.15, 0.2) is 62.4 Å². The number of rotatable bonds is 8. The van der Waals surface area contributed by atoms with Crippen LogP contribution in [0.5, 0.6) is 0 Å². The molecule has 0 saturated carbocycles. The van der Waals surface area contributed by atoms with Gasteiger partial charge in [0.25, 0.3) is 5.91 Å². The SMILES string of the molecule is C=CN(C=C)C(=O)C=CN(C=CC(N)=O)C=CC(N)=O. The lowest BCUT2D eigenvalue weighted by Gasteiger charge is -2.11. The summed E-state index contributed by atoms with van der Waals surface area (Å²) in [5.41, 5.74) is 9.90. The Kier molecular flexibility index (Phi) is 7.54. The molecule has 0 radical (unpaired) electrons. The van der Waals surface area contributed by atoms with Gasteiger partial charge in [0.15, 0.2) is 0 Å². The normalized spacial score (nSPS) is 10.8. The molecular weight excluding hydrogens is 260 g/mol. The third kappa shape index (κ3) is 7.28. The molecule has 0 bridgehead atoms. The molecule has 20 heavy (non-hydrogen) atoms. The molecule has 0 aliphatic carbocycles. The Morgan fingerprint density at radius 2 is 1.20 bits per heavy atom. The fraction of sp³-hybridized carbons (Fsp3) is 0. The maximum Gasteiger partial charge on any atom is 0.255 e. The molecule has 7 nitrogen and oxygen atoms in total. The van der Waals surface area contributed by atoms with Crippen LogP contribution >= 0.6 is 0 Å². The fourth-order valence-corrected chi connectivity index (χ4v) is 0.959. The molecule has 0 aromatic heterocycles. The fourth-order valence-electron chi connectivity index (χ4n) is 0.959. The number of amides is 3. The lowest BCUT2D eigenvalue weighted by Crippen LogP contribution is -2.17. The van der Waals surface area contributed by atoms with Crippen LogP contribution in [-0.2, 0) is 14.4 Å². The molecule has 0 aromatic rings. The monoisotopic (exact) mass is 276 g/mol. The number of nitrogens with two attached hydrogens (primary N) is 2. The summed E-state index contributed by atoms with van der Waals surface area (Å²) < 4.78 is 0. The topological polar surface area (TPSA) is 110 Å². The molecule has 0 fully saturated rings. The van der Waals surface area contributed by atoms with Gasteiger partial charge in [-0.05, 0) is 0 Å². The molecule has 3 amide bonds. The summed E-state index contributed by atoms with van der Waals surface area (Å²) in [5.74, 6) is -1.78. The van der Waals surface area contributed by atoms with Gasteiger partial charge in [0.05, 0.1) is 0 Å². The summed E-state index contributed by atoms with van der Waals surface area (Å²) in [6.45, 7) is 6.87. The van der Waals surface area contributed by atoms with Crippen LogP contribution in [0.25, 0.3) is 0 Å². The summed E-state index contributed by atoms with van der Waals surface area (Å²) in [5, 5.41) is 0. The van der Waals surface area contributed by atoms with E-state index in [4.69, 9.17) is 11.5 Å². The Morgan fingerprint density at radius 1 is 0.800 bits per heavy atom. The van der Waals surface area contributed by atoms with E-state index in [0.29, 0.717) is 0 Å². The van der Waals surface area contributed by atoms with Crippen LogP contribution in [0.3, 0.4) is 0 Å². The zero-order chi connectivity index (χ0) is 15.5. The predicted molar refractivity (Wildman–Crippen MR) is 74.9 cm³/mol. The van der Waals surface area contributed by atoms with Gasteiger partial charge in [-0.15, -0.1) is 0 Å². The maximum absolute atomic E-state index is 11.6. The Hall–Kier alpha value is -3.09. The first-order chi connectivity index (χ1) is 9.40. The zero-order valence-corrected chi connectivity index (χ0v) is 10.8. The standard InChI is InChI=1S/C13H16N4O3/c1-3-17(4-2)13(20)7-10-16(8-5-11(14)18)9-6-12(15)19/h3-10H,1-2H2,(H2,14,18)(H2,15,19). The van der Waals surface area contributed by atoms with E-state index >= 15 is 0 Å². The van der Waals surface area contributed by atoms with Crippen LogP contribution in [-0.4, -0.2) is 27.5 Å². The molecule has 0 spiro atoms. The smallest absolute Gasteiger partial charge is 0.255 e. The van der Waals surface area contributed by atoms with Gasteiger partial charge in [0.2, 0.25) is 11.8 Å². The second-order valence-corrected chi connectivity index (χ2v) is 3.31. The van der Waals surface area contributed by atoms with Gasteiger partial charge >= 0.3 is 0 Å². The van der Waals surface area contributed by atoms with Crippen molar-refractivity contribution in [3.05, 3.63) is 62.4 Å². The number of hydrogen-bond donors (Lipinski definition) is 2. The minimum Gasteiger partial charge on any atom is -0.366 e. The Bertz CT molecular complexity index is 460. The van der Waals surface area contributed by atoms with Crippen LogP contribution in [0.1, 0.15) is 0 Å². The summed E-state index contributed by atoms with van der Waals surface area (Å²) >= 11 is 0. The minimum atomic E-state index is -0.680. The van der Waals surface area contributed by atoms with Crippen molar-refractivity contribution in [1.82, 2.24) is 9.80 Å². The Balaban J connectivity index is 5.00. The average molecular weight is 276 g/mol. The quantitative estimate of drug-likeness (QED) is 0.604. The van der Waals surface area contributed by atoms with Crippen molar-refractivity contribution >= 4 is 17.7 Å². The second-order valence-electron chi connectivity index (χ2n) is 3.31. The lowest BCUT2D eigenvalue weighted by atomic mass is 10.4. The van der Waals surface area contributed by atoms with E-state index in [1.807, 2.05) is 0 Å². The van der Waals surface area contributed by atoms with Crippen LogP contribution in [0.2, 0.25) is 0 Å². The molecule has 0 heterocycles. The molecular formula is C13H16N4O3. The Labute approximate surface area is 116 Å². The van der Waals surface area contributed by atoms with Gasteiger partial charge in [-0.3, -0.25) is 19.3 Å². The highest BCUT2D eigenvalue weighted by Gasteiger charge is 2.01. The van der Waals surface area contributed by atoms with Gasteiger partial charge < -0.3 is 16.4 Å². The van der Waals surface area contributed by atoms with Gasteiger partial charge in [0.1, 0.15) is 0 Å². The molecule has 7 heteroatoms. The minimum absolute atomic E-state index is 0.417. The highest BCUT2D eigenvalue weighted by molar-refractivity contribution is 5.89. The van der Waals surface area contributed by atoms with Gasteiger partial charge in [-0.25, -0.2) is 0 Å². The third-order valence-corrected chi connectivity index (χ3v) is 1.86. The van der Waals surface area contributed by atoms with E-state index in [1.165, 1.54) is 42.0 Å². The highest BCUT2D eigenvalue weighted by atomic mass is 16.2. The van der Waals surface area contributed by atoms with Gasteiger partial charge in [-0.1, -0.05) is 13.2 Å². The number of hydrogen-bond acceptors (Lipinski definition) is 4. The first-order valence-corrected chi connectivity index (χ1v) is 5.39. The summed E-state index contributed by atoms with van der Waals surface area (Å²) in [6.07, 6.45) is 9.68. The first-order valence-electron chi connectivity index (χ1n) is 5.39. The number of carbonyl (C=O) groups excluding carboxylic acids is 3. The largest absolute Gasteiger partial charge is 0.366 e. The third-order valence-electron chi connectivity index (χ3n) is 1.86. The molecule has 0 aromatic carbocycles. The summed E-state index contributed by atoms with van der Waals surface area (Å²) in [4.78, 5) is 35.3. The molecule has 0 aliphatic rings. The van der Waals surface area contributed by atoms with E-state index < -0.39 is 17.7 Å². The lowest BCUT2D eigenvalue weighted by molar-refractivity contribution is -0.121. The van der Waals surface area contributed by atoms with E-state index in [0.717, 1.165) is 17.1 Å². The van der Waals surface area contributed by atoms with Crippen molar-refractivity contribution in [2.24, 2.45) is 11.5 Å². The van der Waals surface area contributed by atoms with Crippen molar-refractivity contribution in [3.63, 3.8) is 0 Å². The molecule has 0 rings (SSSR count). The summed E-state index contributed by atoms with van der Waals surface area (Å²) in [6, 6.07) is 0. The molecule has 0 unspecified atom stereocenters. The maximum atomic E-state index is 11.6. The molecule has 106 valence electrons. The molecule has 0 atom stereocenters. The number of carbonyl (C=O) groups is 3.